The molecule has 2 aliphatic heterocycles. The van der Waals surface area contributed by atoms with Gasteiger partial charge in [0, 0.05) is 0 Å². The van der Waals surface area contributed by atoms with Crippen molar-refractivity contribution in [2.24, 2.45) is 5.41 Å². The monoisotopic (exact) mass is 252 g/mol. The van der Waals surface area contributed by atoms with Gasteiger partial charge in [0.05, 0.1) is 12.2 Å². The molecule has 0 radical (unpaired) electrons. The minimum absolute atomic E-state index is 0.0400. The van der Waals surface area contributed by atoms with Crippen LogP contribution in [-0.4, -0.2) is 35.1 Å². The fourth-order valence-electron chi connectivity index (χ4n) is 3.21. The van der Waals surface area contributed by atoms with Gasteiger partial charge in [0.15, 0.2) is 0 Å². The zero-order valence-corrected chi connectivity index (χ0v) is 11.8. The maximum absolute atomic E-state index is 10.4. The molecule has 0 spiro atoms. The zero-order valence-electron chi connectivity index (χ0n) is 11.8. The van der Waals surface area contributed by atoms with Crippen LogP contribution >= 0.6 is 0 Å². The maximum atomic E-state index is 10.4. The summed E-state index contributed by atoms with van der Waals surface area (Å²) in [5.41, 5.74) is 1.15. The van der Waals surface area contributed by atoms with Crippen molar-refractivity contribution in [2.45, 2.75) is 77.0 Å². The van der Waals surface area contributed by atoms with Crippen LogP contribution in [0.2, 0.25) is 0 Å². The van der Waals surface area contributed by atoms with Crippen molar-refractivity contribution >= 4 is 0 Å². The second-order valence-electron chi connectivity index (χ2n) is 7.04. The van der Waals surface area contributed by atoms with Crippen molar-refractivity contribution in [1.82, 2.24) is 0 Å². The first kappa shape index (κ1) is 12.6. The molecule has 0 saturated carbocycles. The lowest BCUT2D eigenvalue weighted by molar-refractivity contribution is 0.0593. The Bertz CT molecular complexity index is 387. The molecule has 0 aromatic heterocycles. The number of epoxide rings is 2. The van der Waals surface area contributed by atoms with E-state index in [0.29, 0.717) is 0 Å². The summed E-state index contributed by atoms with van der Waals surface area (Å²) in [6, 6.07) is 0. The highest BCUT2D eigenvalue weighted by atomic mass is 16.6. The van der Waals surface area contributed by atoms with E-state index in [-0.39, 0.29) is 29.3 Å². The lowest BCUT2D eigenvalue weighted by Gasteiger charge is -2.22. The highest BCUT2D eigenvalue weighted by Gasteiger charge is 2.65. The van der Waals surface area contributed by atoms with Gasteiger partial charge in [-0.25, -0.2) is 0 Å². The van der Waals surface area contributed by atoms with E-state index >= 15 is 0 Å². The Hall–Kier alpha value is -0.380. The Morgan fingerprint density at radius 1 is 1.33 bits per heavy atom. The van der Waals surface area contributed by atoms with E-state index in [9.17, 15) is 5.11 Å². The second-order valence-corrected chi connectivity index (χ2v) is 7.04. The van der Waals surface area contributed by atoms with E-state index in [1.807, 2.05) is 6.92 Å². The predicted octanol–water partition coefficient (Wildman–Crippen LogP) is 2.43. The molecule has 3 rings (SSSR count). The van der Waals surface area contributed by atoms with Crippen LogP contribution in [0.3, 0.4) is 0 Å². The highest BCUT2D eigenvalue weighted by molar-refractivity contribution is 5.16. The van der Waals surface area contributed by atoms with E-state index in [4.69, 9.17) is 9.47 Å². The van der Waals surface area contributed by atoms with Gasteiger partial charge in [0.1, 0.15) is 17.8 Å². The summed E-state index contributed by atoms with van der Waals surface area (Å²) in [5.74, 6) is 0. The van der Waals surface area contributed by atoms with Crippen LogP contribution in [0.15, 0.2) is 11.6 Å². The van der Waals surface area contributed by atoms with Crippen LogP contribution < -0.4 is 0 Å². The fraction of sp³-hybridized carbons (Fsp3) is 0.867. The summed E-state index contributed by atoms with van der Waals surface area (Å²) in [5, 5.41) is 10.4. The van der Waals surface area contributed by atoms with E-state index < -0.39 is 6.10 Å². The number of aliphatic hydroxyl groups excluding tert-OH is 1. The van der Waals surface area contributed by atoms with Gasteiger partial charge >= 0.3 is 0 Å². The first-order chi connectivity index (χ1) is 8.34. The molecule has 1 N–H and O–H groups in total. The van der Waals surface area contributed by atoms with Gasteiger partial charge < -0.3 is 14.6 Å². The number of aliphatic hydroxyl groups is 1. The molecule has 0 bridgehead atoms. The van der Waals surface area contributed by atoms with Gasteiger partial charge in [-0.05, 0) is 38.5 Å². The number of hydrogen-bond acceptors (Lipinski definition) is 3. The summed E-state index contributed by atoms with van der Waals surface area (Å²) >= 11 is 0. The minimum Gasteiger partial charge on any atom is -0.387 e. The highest BCUT2D eigenvalue weighted by Crippen LogP contribution is 2.51. The molecule has 2 saturated heterocycles. The third kappa shape index (κ3) is 1.93. The third-order valence-corrected chi connectivity index (χ3v) is 4.95. The van der Waals surface area contributed by atoms with Crippen molar-refractivity contribution in [2.75, 3.05) is 0 Å². The van der Waals surface area contributed by atoms with E-state index in [0.717, 1.165) is 19.3 Å². The Morgan fingerprint density at radius 2 is 2.06 bits per heavy atom. The van der Waals surface area contributed by atoms with Gasteiger partial charge in [-0.15, -0.1) is 0 Å². The van der Waals surface area contributed by atoms with Crippen LogP contribution in [0, 0.1) is 5.41 Å². The van der Waals surface area contributed by atoms with Crippen LogP contribution in [0.5, 0.6) is 0 Å². The van der Waals surface area contributed by atoms with Crippen molar-refractivity contribution in [1.29, 1.82) is 0 Å². The van der Waals surface area contributed by atoms with Gasteiger partial charge in [0.25, 0.3) is 0 Å². The first-order valence-corrected chi connectivity index (χ1v) is 7.01. The van der Waals surface area contributed by atoms with E-state index in [1.54, 1.807) is 0 Å². The number of ether oxygens (including phenoxy) is 2. The largest absolute Gasteiger partial charge is 0.387 e. The molecule has 0 aromatic rings. The minimum atomic E-state index is -0.481. The molecule has 2 heterocycles. The van der Waals surface area contributed by atoms with E-state index in [2.05, 4.69) is 26.8 Å². The summed E-state index contributed by atoms with van der Waals surface area (Å²) in [7, 11) is 0. The van der Waals surface area contributed by atoms with Crippen LogP contribution in [0.4, 0.5) is 0 Å². The quantitative estimate of drug-likeness (QED) is 0.532. The molecule has 18 heavy (non-hydrogen) atoms. The lowest BCUT2D eigenvalue weighted by Crippen LogP contribution is -2.37. The van der Waals surface area contributed by atoms with Crippen molar-refractivity contribution < 1.29 is 14.6 Å². The second kappa shape index (κ2) is 3.81. The van der Waals surface area contributed by atoms with E-state index in [1.165, 1.54) is 5.57 Å². The van der Waals surface area contributed by atoms with Crippen LogP contribution in [-0.2, 0) is 9.47 Å². The molecule has 5 atom stereocenters. The van der Waals surface area contributed by atoms with Crippen molar-refractivity contribution in [3.63, 3.8) is 0 Å². The van der Waals surface area contributed by atoms with Crippen molar-refractivity contribution in [3.05, 3.63) is 11.6 Å². The van der Waals surface area contributed by atoms with Gasteiger partial charge in [0.2, 0.25) is 0 Å². The Balaban J connectivity index is 1.83. The normalized spacial score (nSPS) is 53.3. The average molecular weight is 252 g/mol. The number of rotatable bonds is 0. The molecule has 0 aromatic carbocycles. The molecule has 0 amide bonds. The summed E-state index contributed by atoms with van der Waals surface area (Å²) in [4.78, 5) is 0. The standard InChI is InChI=1S/C15H24O3/c1-9-5-6-10-15(4,18-10)12(16)11-13(17-11)14(2,3)8-7-9/h7,10-13,16H,5-6,8H2,1-4H3/b9-7+/t10-,11-,12+,13-,15-/m0/s1. The molecular formula is C15H24O3. The molecule has 1 aliphatic carbocycles. The molecule has 102 valence electrons. The molecule has 0 unspecified atom stereocenters. The molecule has 2 fully saturated rings. The third-order valence-electron chi connectivity index (χ3n) is 4.95. The lowest BCUT2D eigenvalue weighted by atomic mass is 9.81. The Kier molecular flexibility index (Phi) is 2.68. The van der Waals surface area contributed by atoms with Crippen LogP contribution in [0.25, 0.3) is 0 Å². The molecule has 3 nitrogen and oxygen atoms in total. The van der Waals surface area contributed by atoms with Gasteiger partial charge in [-0.2, -0.15) is 0 Å². The van der Waals surface area contributed by atoms with Gasteiger partial charge in [-0.3, -0.25) is 0 Å². The summed E-state index contributed by atoms with van der Waals surface area (Å²) in [6.45, 7) is 8.65. The molecular weight excluding hydrogens is 228 g/mol. The SMILES string of the molecule is C/C1=C\CC(C)(C)[C@H]2O[C@H]2[C@@H](O)[C@@]2(C)O[C@H]2CC1. The number of hydrogen-bond donors (Lipinski definition) is 1. The zero-order chi connectivity index (χ0) is 13.1. The average Bonchev–Trinajstić information content (AvgIpc) is 3.17. The van der Waals surface area contributed by atoms with Gasteiger partial charge in [-0.1, -0.05) is 25.5 Å². The Morgan fingerprint density at radius 3 is 2.78 bits per heavy atom. The fourth-order valence-corrected chi connectivity index (χ4v) is 3.21. The Labute approximate surface area is 109 Å². The molecule has 3 aliphatic rings. The maximum Gasteiger partial charge on any atom is 0.120 e. The summed E-state index contributed by atoms with van der Waals surface area (Å²) in [6.07, 6.45) is 5.27. The predicted molar refractivity (Wildman–Crippen MR) is 69.3 cm³/mol. The van der Waals surface area contributed by atoms with Crippen molar-refractivity contribution in [3.8, 4) is 0 Å². The smallest absolute Gasteiger partial charge is 0.120 e. The first-order valence-electron chi connectivity index (χ1n) is 7.01. The number of fused-ring (bicyclic) bond motifs is 2. The van der Waals surface area contributed by atoms with Crippen LogP contribution in [0.1, 0.15) is 47.0 Å². The number of allylic oxidation sites excluding steroid dienone is 2. The topological polar surface area (TPSA) is 45.3 Å². The molecule has 3 heteroatoms. The summed E-state index contributed by atoms with van der Waals surface area (Å²) < 4.78 is 11.5.